The number of para-hydroxylation sites is 2. The highest BCUT2D eigenvalue weighted by atomic mass is 19.4. The predicted molar refractivity (Wildman–Crippen MR) is 179 cm³/mol. The van der Waals surface area contributed by atoms with E-state index in [-0.39, 0.29) is 22.3 Å². The van der Waals surface area contributed by atoms with Crippen LogP contribution in [0.2, 0.25) is 0 Å². The molecule has 8 heteroatoms. The van der Waals surface area contributed by atoms with Crippen molar-refractivity contribution in [2.45, 2.75) is 6.18 Å². The number of benzene rings is 6. The first-order valence-electron chi connectivity index (χ1n) is 15.1. The number of carbonyl (C=O) groups excluding carboxylic acids is 2. The van der Waals surface area contributed by atoms with E-state index in [4.69, 9.17) is 0 Å². The van der Waals surface area contributed by atoms with Crippen molar-refractivity contribution < 1.29 is 22.8 Å². The van der Waals surface area contributed by atoms with Gasteiger partial charge in [0.05, 0.1) is 50.7 Å². The zero-order valence-electron chi connectivity index (χ0n) is 25.0. The summed E-state index contributed by atoms with van der Waals surface area (Å²) < 4.78 is 44.3. The number of fused-ring (bicyclic) bond motifs is 4. The van der Waals surface area contributed by atoms with Crippen LogP contribution in [0.5, 0.6) is 0 Å². The number of carbonyl (C=O) groups is 2. The van der Waals surface area contributed by atoms with Gasteiger partial charge in [0.25, 0.3) is 11.8 Å². The molecular formula is C40H22F3N3O2. The second kappa shape index (κ2) is 10.8. The Hall–Kier alpha value is -6.46. The van der Waals surface area contributed by atoms with Crippen LogP contribution in [0.15, 0.2) is 133 Å². The molecule has 1 aromatic heterocycles. The van der Waals surface area contributed by atoms with Crippen molar-refractivity contribution in [2.24, 2.45) is 0 Å². The highest BCUT2D eigenvalue weighted by molar-refractivity contribution is 6.36. The zero-order chi connectivity index (χ0) is 33.2. The molecule has 5 nitrogen and oxygen atoms in total. The molecule has 0 N–H and O–H groups in total. The number of imide groups is 1. The number of alkyl halides is 3. The van der Waals surface area contributed by atoms with Gasteiger partial charge >= 0.3 is 6.18 Å². The van der Waals surface area contributed by atoms with Crippen LogP contribution in [-0.4, -0.2) is 16.4 Å². The van der Waals surface area contributed by atoms with Crippen LogP contribution in [0.3, 0.4) is 0 Å². The van der Waals surface area contributed by atoms with E-state index >= 15 is 0 Å². The summed E-state index contributed by atoms with van der Waals surface area (Å²) in [6.07, 6.45) is -4.67. The van der Waals surface area contributed by atoms with E-state index in [1.807, 2.05) is 71.3 Å². The van der Waals surface area contributed by atoms with E-state index in [0.717, 1.165) is 28.1 Å². The average molecular weight is 634 g/mol. The Balaban J connectivity index is 1.32. The third kappa shape index (κ3) is 4.40. The van der Waals surface area contributed by atoms with Crippen molar-refractivity contribution in [2.75, 3.05) is 4.90 Å². The molecule has 0 spiro atoms. The second-order valence-corrected chi connectivity index (χ2v) is 11.5. The maximum atomic E-state index is 14.4. The van der Waals surface area contributed by atoms with Gasteiger partial charge in [0.2, 0.25) is 0 Å². The molecule has 0 atom stereocenters. The van der Waals surface area contributed by atoms with Crippen molar-refractivity contribution in [1.82, 2.24) is 4.57 Å². The Morgan fingerprint density at radius 1 is 0.562 bits per heavy atom. The Labute approximate surface area is 272 Å². The molecule has 2 heterocycles. The third-order valence-corrected chi connectivity index (χ3v) is 8.80. The third-order valence-electron chi connectivity index (χ3n) is 8.80. The topological polar surface area (TPSA) is 66.1 Å². The van der Waals surface area contributed by atoms with Gasteiger partial charge in [-0.1, -0.05) is 84.9 Å². The fourth-order valence-electron chi connectivity index (χ4n) is 6.70. The van der Waals surface area contributed by atoms with Crippen molar-refractivity contribution in [1.29, 1.82) is 5.26 Å². The van der Waals surface area contributed by atoms with E-state index in [9.17, 15) is 28.0 Å². The SMILES string of the molecule is N#Cc1ccc(-c2ccc3c(c2)c2ccccc2n3-c2cccc3c2C(=O)N(c2ccccc2-c2ccccc2)C3=O)c(C(F)(F)F)c1. The van der Waals surface area contributed by atoms with Gasteiger partial charge in [0, 0.05) is 16.3 Å². The van der Waals surface area contributed by atoms with Crippen LogP contribution in [0.25, 0.3) is 49.7 Å². The molecule has 48 heavy (non-hydrogen) atoms. The average Bonchev–Trinajstić information content (AvgIpc) is 3.58. The van der Waals surface area contributed by atoms with Crippen molar-refractivity contribution in [3.05, 3.63) is 156 Å². The smallest absolute Gasteiger partial charge is 0.308 e. The van der Waals surface area contributed by atoms with Crippen LogP contribution in [0, 0.1) is 11.3 Å². The summed E-state index contributed by atoms with van der Waals surface area (Å²) in [5, 5.41) is 10.7. The molecule has 0 aliphatic carbocycles. The minimum Gasteiger partial charge on any atom is -0.308 e. The molecule has 6 aromatic carbocycles. The minimum absolute atomic E-state index is 0.0469. The highest BCUT2D eigenvalue weighted by Crippen LogP contribution is 2.43. The van der Waals surface area contributed by atoms with Crippen molar-refractivity contribution in [3.63, 3.8) is 0 Å². The second-order valence-electron chi connectivity index (χ2n) is 11.5. The maximum absolute atomic E-state index is 14.4. The first kappa shape index (κ1) is 29.0. The number of halogens is 3. The Bertz CT molecular complexity index is 2510. The van der Waals surface area contributed by atoms with Gasteiger partial charge in [0.15, 0.2) is 0 Å². The first-order valence-corrected chi connectivity index (χ1v) is 15.1. The molecule has 0 radical (unpaired) electrons. The molecule has 1 aliphatic rings. The number of hydrogen-bond donors (Lipinski definition) is 0. The lowest BCUT2D eigenvalue weighted by molar-refractivity contribution is -0.137. The molecular weight excluding hydrogens is 611 g/mol. The lowest BCUT2D eigenvalue weighted by atomic mass is 9.96. The molecule has 8 rings (SSSR count). The number of anilines is 1. The summed E-state index contributed by atoms with van der Waals surface area (Å²) in [6, 6.07) is 39.8. The van der Waals surface area contributed by atoms with Crippen LogP contribution in [0.1, 0.15) is 31.8 Å². The van der Waals surface area contributed by atoms with Gasteiger partial charge in [-0.25, -0.2) is 4.90 Å². The molecule has 0 fully saturated rings. The fourth-order valence-corrected chi connectivity index (χ4v) is 6.70. The number of rotatable bonds is 4. The van der Waals surface area contributed by atoms with Gasteiger partial charge in [-0.2, -0.15) is 18.4 Å². The molecule has 230 valence electrons. The summed E-state index contributed by atoms with van der Waals surface area (Å²) in [6.45, 7) is 0. The van der Waals surface area contributed by atoms with Gasteiger partial charge in [-0.3, -0.25) is 9.59 Å². The first-order chi connectivity index (χ1) is 23.3. The minimum atomic E-state index is -4.67. The fraction of sp³-hybridized carbons (Fsp3) is 0.0250. The number of nitrogens with zero attached hydrogens (tertiary/aromatic N) is 3. The van der Waals surface area contributed by atoms with Gasteiger partial charge in [0.1, 0.15) is 0 Å². The Kier molecular flexibility index (Phi) is 6.53. The molecule has 2 amide bonds. The van der Waals surface area contributed by atoms with Crippen molar-refractivity contribution in [3.8, 4) is 34.0 Å². The van der Waals surface area contributed by atoms with Crippen molar-refractivity contribution >= 4 is 39.3 Å². The van der Waals surface area contributed by atoms with Gasteiger partial charge in [-0.05, 0) is 65.2 Å². The lowest BCUT2D eigenvalue weighted by Crippen LogP contribution is -2.30. The van der Waals surface area contributed by atoms with E-state index in [2.05, 4.69) is 0 Å². The quantitative estimate of drug-likeness (QED) is 0.181. The number of nitriles is 1. The number of hydrogen-bond acceptors (Lipinski definition) is 3. The summed E-state index contributed by atoms with van der Waals surface area (Å²) in [5.74, 6) is -0.910. The summed E-state index contributed by atoms with van der Waals surface area (Å²) in [7, 11) is 0. The standard InChI is InChI=1S/C40H22F3N3O2/c41-40(42,43)32-21-24(23-44)17-19-27(32)26-18-20-35-31(22-26)29-12-5-7-15-34(29)45(35)36-16-8-13-30-37(36)39(48)46(38(30)47)33-14-6-4-11-28(33)25-9-2-1-3-10-25/h1-22H. The number of amides is 2. The van der Waals surface area contributed by atoms with Gasteiger partial charge in [-0.15, -0.1) is 0 Å². The summed E-state index contributed by atoms with van der Waals surface area (Å²) >= 11 is 0. The molecule has 1 aliphatic heterocycles. The van der Waals surface area contributed by atoms with E-state index in [0.29, 0.717) is 27.8 Å². The van der Waals surface area contributed by atoms with Crippen LogP contribution in [-0.2, 0) is 6.18 Å². The van der Waals surface area contributed by atoms with Crippen LogP contribution in [0.4, 0.5) is 18.9 Å². The Morgan fingerprint density at radius 3 is 2.04 bits per heavy atom. The van der Waals surface area contributed by atoms with E-state index < -0.39 is 23.6 Å². The van der Waals surface area contributed by atoms with E-state index in [1.54, 1.807) is 54.6 Å². The normalized spacial score (nSPS) is 12.9. The summed E-state index contributed by atoms with van der Waals surface area (Å²) in [4.78, 5) is 29.6. The van der Waals surface area contributed by atoms with E-state index in [1.165, 1.54) is 17.0 Å². The van der Waals surface area contributed by atoms with Gasteiger partial charge < -0.3 is 4.57 Å². The Morgan fingerprint density at radius 2 is 1.25 bits per heavy atom. The molecule has 0 bridgehead atoms. The lowest BCUT2D eigenvalue weighted by Gasteiger charge is -2.18. The molecule has 0 saturated carbocycles. The summed E-state index contributed by atoms with van der Waals surface area (Å²) in [5.41, 5.74) is 3.72. The molecule has 7 aromatic rings. The van der Waals surface area contributed by atoms with Crippen LogP contribution >= 0.6 is 0 Å². The number of aromatic nitrogens is 1. The predicted octanol–water partition coefficient (Wildman–Crippen LogP) is 9.81. The molecule has 0 saturated heterocycles. The zero-order valence-corrected chi connectivity index (χ0v) is 25.0. The monoisotopic (exact) mass is 633 g/mol. The van der Waals surface area contributed by atoms with Crippen LogP contribution < -0.4 is 4.90 Å². The molecule has 0 unspecified atom stereocenters. The highest BCUT2D eigenvalue weighted by Gasteiger charge is 2.40. The maximum Gasteiger partial charge on any atom is 0.417 e. The largest absolute Gasteiger partial charge is 0.417 e.